The number of phenols is 1. The number of nitrogen functional groups attached to an aromatic ring is 1. The molecule has 13 rings (SSSR count). The fraction of sp³-hybridized carbons (Fsp3) is 0.357. The van der Waals surface area contributed by atoms with E-state index in [0.717, 1.165) is 52.1 Å². The molecule has 0 saturated heterocycles. The summed E-state index contributed by atoms with van der Waals surface area (Å²) in [6.07, 6.45) is 11.9. The summed E-state index contributed by atoms with van der Waals surface area (Å²) in [4.78, 5) is 44.1. The maximum absolute atomic E-state index is 11.7. The monoisotopic (exact) mass is 1570 g/mol. The first-order valence-electron chi connectivity index (χ1n) is 39.0. The summed E-state index contributed by atoms with van der Waals surface area (Å²) < 4.78 is 16.3. The summed E-state index contributed by atoms with van der Waals surface area (Å²) in [6.45, 7) is 61.7. The third-order valence-electron chi connectivity index (χ3n) is 18.5. The normalized spacial score (nSPS) is 11.6. The number of hydrogen-bond donors (Lipinski definition) is 2. The third-order valence-corrected chi connectivity index (χ3v) is 18.8. The zero-order chi connectivity index (χ0) is 85.5. The number of methoxy groups -OCH3 is 1. The number of pyridine rings is 2. The Morgan fingerprint density at radius 2 is 0.835 bits per heavy atom. The summed E-state index contributed by atoms with van der Waals surface area (Å²) in [6, 6.07) is 65.8. The molecule has 7 aromatic carbocycles. The van der Waals surface area contributed by atoms with E-state index in [-0.39, 0.29) is 48.9 Å². The number of aromatic nitrogens is 10. The molecule has 0 radical (unpaired) electrons. The Hall–Kier alpha value is -11.3. The lowest BCUT2D eigenvalue weighted by Crippen LogP contribution is -2.16. The highest BCUT2D eigenvalue weighted by atomic mass is 35.5. The van der Waals surface area contributed by atoms with E-state index < -0.39 is 0 Å². The molecule has 0 aliphatic carbocycles. The first-order valence-corrected chi connectivity index (χ1v) is 39.4. The number of para-hydroxylation sites is 3. The van der Waals surface area contributed by atoms with Crippen LogP contribution >= 0.6 is 11.6 Å². The van der Waals surface area contributed by atoms with E-state index in [4.69, 9.17) is 33.4 Å². The van der Waals surface area contributed by atoms with Gasteiger partial charge in [0.1, 0.15) is 48.1 Å². The van der Waals surface area contributed by atoms with Gasteiger partial charge in [-0.1, -0.05) is 311 Å². The number of imidazole rings is 2. The summed E-state index contributed by atoms with van der Waals surface area (Å²) in [7, 11) is 1.71. The molecule has 0 amide bonds. The van der Waals surface area contributed by atoms with E-state index in [9.17, 15) is 9.90 Å². The van der Waals surface area contributed by atoms with E-state index >= 15 is 0 Å². The SMILES string of the molecule is CC(C)(C)c1ccc(-n2ccccc2=O)cc1.CC(C)(C)c1ccc(-n2cnc3c(Cl)ncnc32)cc1.CC(C)(C)c1ccc(-n2cnc3c(N)ncnc32)cc1.CC(C)(C)c1ccccc1O.CC(C)(C)c1cccnc1.CCOc1ccccc1C(C)(C)C.COc1ccccc1C(C)(C)C.[C-]#[N+]c1cccc(C(C)(C)C)c1. The Balaban J connectivity index is 0.000000207. The first kappa shape index (κ1) is 92.6. The number of hydrogen-bond acceptors (Lipinski definition) is 12. The van der Waals surface area contributed by atoms with Crippen LogP contribution in [0.4, 0.5) is 11.5 Å². The topological polar surface area (TPSA) is 191 Å². The predicted molar refractivity (Wildman–Crippen MR) is 480 cm³/mol. The minimum atomic E-state index is -0.00370. The quantitative estimate of drug-likeness (QED) is 0.118. The highest BCUT2D eigenvalue weighted by molar-refractivity contribution is 6.33. The Labute approximate surface area is 690 Å². The van der Waals surface area contributed by atoms with Crippen LogP contribution in [-0.4, -0.2) is 67.4 Å². The summed E-state index contributed by atoms with van der Waals surface area (Å²) >= 11 is 6.02. The second-order valence-electron chi connectivity index (χ2n) is 36.1. The van der Waals surface area contributed by atoms with Crippen LogP contribution in [0.3, 0.4) is 0 Å². The van der Waals surface area contributed by atoms with Gasteiger partial charge in [0.05, 0.1) is 20.3 Å². The van der Waals surface area contributed by atoms with Crippen molar-refractivity contribution in [3.8, 4) is 34.3 Å². The molecular formula is C98H123ClN12O4. The number of nitrogens with two attached hydrogens (primary N) is 1. The number of phenolic OH excluding ortho intramolecular Hbond substituents is 1. The van der Waals surface area contributed by atoms with Gasteiger partial charge in [-0.25, -0.2) is 34.7 Å². The second-order valence-corrected chi connectivity index (χ2v) is 36.5. The van der Waals surface area contributed by atoms with Crippen molar-refractivity contribution < 1.29 is 14.6 Å². The van der Waals surface area contributed by atoms with Gasteiger partial charge in [0.2, 0.25) is 0 Å². The average Bonchev–Trinajstić information content (AvgIpc) is 1.66. The molecule has 3 N–H and O–H groups in total. The minimum absolute atomic E-state index is 0.00370. The zero-order valence-corrected chi connectivity index (χ0v) is 73.6. The van der Waals surface area contributed by atoms with Crippen LogP contribution in [0.25, 0.3) is 44.2 Å². The number of halogens is 1. The molecule has 0 atom stereocenters. The van der Waals surface area contributed by atoms with Gasteiger partial charge in [-0.05, 0) is 156 Å². The lowest BCUT2D eigenvalue weighted by molar-refractivity contribution is 0.330. The molecule has 17 heteroatoms. The van der Waals surface area contributed by atoms with Gasteiger partial charge in [0, 0.05) is 41.7 Å². The standard InChI is InChI=1S/C15H15ClN4.C15H17N5.C15H17NO.C12H18O.C11H13N.C11H16O.C10H14O.C9H13N/c2*1-15(2,3)10-4-6-11(7-5-10)20-9-19-12-13(16)17-8-18-14(12)20;1-15(2,3)12-7-9-13(10-8-12)16-11-5-4-6-14(16)17;1-5-13-11-9-7-6-8-10(11)12(2,3)4;1-11(2,3)9-6-5-7-10(8-9)12-4;1-11(2,3)9-7-5-6-8-10(9)12-4;1-10(2,3)8-6-4-5-7-9(8)11;1-9(2,3)8-5-4-6-10-7-8/h4-9H,1-3H3;4-9H,1-3H3,(H2,16,17,18);4-11H,1-3H3;6-9H,5H2,1-4H3;5-8H,1-3H3;5-8H,1-4H3;4-7,11H,1-3H3;4-7H,1-3H3. The number of aromatic hydroxyl groups is 1. The number of nitrogens with zero attached hydrogens (tertiary/aromatic N) is 11. The Kier molecular flexibility index (Phi) is 32.3. The van der Waals surface area contributed by atoms with Crippen molar-refractivity contribution in [2.24, 2.45) is 0 Å². The van der Waals surface area contributed by atoms with Crippen LogP contribution in [0.5, 0.6) is 17.2 Å². The Morgan fingerprint density at radius 3 is 1.23 bits per heavy atom. The molecule has 0 saturated carbocycles. The summed E-state index contributed by atoms with van der Waals surface area (Å²) in [5.41, 5.74) is 23.2. The van der Waals surface area contributed by atoms with Crippen molar-refractivity contribution in [3.05, 3.63) is 316 Å². The van der Waals surface area contributed by atoms with Crippen molar-refractivity contribution in [1.29, 1.82) is 0 Å². The Bertz CT molecular complexity index is 5140. The molecule has 0 spiro atoms. The van der Waals surface area contributed by atoms with Crippen LogP contribution in [-0.2, 0) is 43.3 Å². The van der Waals surface area contributed by atoms with Crippen molar-refractivity contribution in [2.75, 3.05) is 19.5 Å². The number of ether oxygens (including phenoxy) is 2. The third kappa shape index (κ3) is 27.8. The highest BCUT2D eigenvalue weighted by Gasteiger charge is 2.22. The van der Waals surface area contributed by atoms with Crippen LogP contribution in [0.2, 0.25) is 5.15 Å². The van der Waals surface area contributed by atoms with Gasteiger partial charge < -0.3 is 20.3 Å². The van der Waals surface area contributed by atoms with Crippen LogP contribution < -0.4 is 20.8 Å². The van der Waals surface area contributed by atoms with E-state index in [1.54, 1.807) is 54.9 Å². The smallest absolute Gasteiger partial charge is 0.255 e. The van der Waals surface area contributed by atoms with Crippen molar-refractivity contribution in [2.45, 2.75) is 216 Å². The molecule has 0 aliphatic rings. The van der Waals surface area contributed by atoms with E-state index in [1.165, 1.54) is 51.6 Å². The van der Waals surface area contributed by atoms with Crippen LogP contribution in [0.1, 0.15) is 218 Å². The molecule has 6 aromatic heterocycles. The van der Waals surface area contributed by atoms with Gasteiger partial charge in [-0.2, -0.15) is 0 Å². The number of fused-ring (bicyclic) bond motifs is 2. The maximum atomic E-state index is 11.7. The van der Waals surface area contributed by atoms with Gasteiger partial charge in [-0.15, -0.1) is 0 Å². The molecule has 6 heterocycles. The molecule has 115 heavy (non-hydrogen) atoms. The zero-order valence-electron chi connectivity index (χ0n) is 72.8. The van der Waals surface area contributed by atoms with Gasteiger partial charge in [-0.3, -0.25) is 23.5 Å². The minimum Gasteiger partial charge on any atom is -0.508 e. The van der Waals surface area contributed by atoms with Crippen LogP contribution in [0.15, 0.2) is 249 Å². The fourth-order valence-electron chi connectivity index (χ4n) is 11.6. The van der Waals surface area contributed by atoms with Crippen molar-refractivity contribution in [1.82, 2.24) is 48.6 Å². The molecule has 0 bridgehead atoms. The number of rotatable bonds is 6. The molecule has 0 aliphatic heterocycles. The van der Waals surface area contributed by atoms with E-state index in [0.29, 0.717) is 33.4 Å². The number of benzene rings is 7. The molecule has 0 unspecified atom stereocenters. The van der Waals surface area contributed by atoms with Crippen molar-refractivity contribution >= 4 is 45.4 Å². The largest absolute Gasteiger partial charge is 0.508 e. The summed E-state index contributed by atoms with van der Waals surface area (Å²) in [5, 5.41) is 9.82. The molecule has 16 nitrogen and oxygen atoms in total. The lowest BCUT2D eigenvalue weighted by atomic mass is 9.86. The summed E-state index contributed by atoms with van der Waals surface area (Å²) in [5.74, 6) is 2.78. The predicted octanol–water partition coefficient (Wildman–Crippen LogP) is 24.6. The molecule has 13 aromatic rings. The van der Waals surface area contributed by atoms with E-state index in [2.05, 4.69) is 297 Å². The average molecular weight is 1570 g/mol. The van der Waals surface area contributed by atoms with Gasteiger partial charge in [0.25, 0.3) is 5.56 Å². The lowest BCUT2D eigenvalue weighted by Gasteiger charge is -2.22. The Morgan fingerprint density at radius 1 is 0.426 bits per heavy atom. The molecule has 0 fully saturated rings. The van der Waals surface area contributed by atoms with Gasteiger partial charge in [0.15, 0.2) is 33.5 Å². The van der Waals surface area contributed by atoms with E-state index in [1.807, 2.05) is 113 Å². The highest BCUT2D eigenvalue weighted by Crippen LogP contribution is 2.35. The number of anilines is 1. The van der Waals surface area contributed by atoms with Crippen LogP contribution in [0, 0.1) is 6.57 Å². The van der Waals surface area contributed by atoms with Crippen molar-refractivity contribution in [3.63, 3.8) is 0 Å². The molecular weight excluding hydrogens is 1440 g/mol. The maximum Gasteiger partial charge on any atom is 0.255 e. The van der Waals surface area contributed by atoms with Gasteiger partial charge >= 0.3 is 0 Å². The molecule has 606 valence electrons. The second kappa shape index (κ2) is 40.1. The first-order chi connectivity index (χ1) is 53.7. The fourth-order valence-corrected chi connectivity index (χ4v) is 11.8.